The lowest BCUT2D eigenvalue weighted by molar-refractivity contribution is 0.0784. The third kappa shape index (κ3) is 3.45. The number of halogens is 1. The van der Waals surface area contributed by atoms with E-state index < -0.39 is 0 Å². The molecule has 0 bridgehead atoms. The Labute approximate surface area is 116 Å². The quantitative estimate of drug-likeness (QED) is 0.937. The van der Waals surface area contributed by atoms with Gasteiger partial charge in [-0.3, -0.25) is 4.79 Å². The molecule has 1 heterocycles. The molecule has 0 spiro atoms. The zero-order valence-electron chi connectivity index (χ0n) is 10.5. The summed E-state index contributed by atoms with van der Waals surface area (Å²) in [6, 6.07) is 10.7. The molecule has 0 fully saturated rings. The number of nitrogens with two attached hydrogens (primary N) is 1. The molecule has 0 saturated carbocycles. The maximum atomic E-state index is 12.2. The maximum absolute atomic E-state index is 12.2. The first-order valence-electron chi connectivity index (χ1n) is 5.77. The molecule has 98 valence electrons. The molecule has 0 saturated heterocycles. The van der Waals surface area contributed by atoms with Crippen LogP contribution in [0.25, 0.3) is 0 Å². The molecule has 2 aromatic rings. The molecule has 0 unspecified atom stereocenters. The summed E-state index contributed by atoms with van der Waals surface area (Å²) in [6.07, 6.45) is 1.48. The molecule has 0 aliphatic carbocycles. The van der Waals surface area contributed by atoms with Crippen molar-refractivity contribution < 1.29 is 4.79 Å². The number of amides is 1. The van der Waals surface area contributed by atoms with Crippen molar-refractivity contribution >= 4 is 23.3 Å². The number of carbonyl (C=O) groups is 1. The predicted octanol–water partition coefficient (Wildman–Crippen LogP) is 2.59. The number of nitrogens with zero attached hydrogens (tertiary/aromatic N) is 2. The molecule has 1 aromatic carbocycles. The molecule has 0 aliphatic rings. The second-order valence-electron chi connectivity index (χ2n) is 4.26. The van der Waals surface area contributed by atoms with Crippen LogP contribution in [0.5, 0.6) is 0 Å². The molecule has 2 N–H and O–H groups in total. The topological polar surface area (TPSA) is 59.2 Å². The van der Waals surface area contributed by atoms with Crippen molar-refractivity contribution in [1.29, 1.82) is 0 Å². The molecule has 0 atom stereocenters. The number of nitrogen functional groups attached to an aromatic ring is 1. The number of rotatable bonds is 3. The zero-order valence-corrected chi connectivity index (χ0v) is 11.3. The number of anilines is 1. The van der Waals surface area contributed by atoms with Crippen LogP contribution in [0.2, 0.25) is 5.02 Å². The van der Waals surface area contributed by atoms with E-state index in [4.69, 9.17) is 17.3 Å². The van der Waals surface area contributed by atoms with Crippen molar-refractivity contribution in [2.75, 3.05) is 12.8 Å². The van der Waals surface area contributed by atoms with Crippen molar-refractivity contribution in [1.82, 2.24) is 9.88 Å². The van der Waals surface area contributed by atoms with Gasteiger partial charge in [0.1, 0.15) is 5.82 Å². The normalized spacial score (nSPS) is 10.2. The molecule has 4 nitrogen and oxygen atoms in total. The molecular formula is C14H14ClN3O. The van der Waals surface area contributed by atoms with E-state index in [0.29, 0.717) is 22.9 Å². The summed E-state index contributed by atoms with van der Waals surface area (Å²) in [6.45, 7) is 0.490. The second-order valence-corrected chi connectivity index (χ2v) is 4.70. The SMILES string of the molecule is CN(Cc1cccc(Cl)c1)C(=O)c1ccc(N)nc1. The lowest BCUT2D eigenvalue weighted by atomic mass is 10.2. The minimum absolute atomic E-state index is 0.104. The van der Waals surface area contributed by atoms with E-state index in [2.05, 4.69) is 4.98 Å². The summed E-state index contributed by atoms with van der Waals surface area (Å²) < 4.78 is 0. The highest BCUT2D eigenvalue weighted by Crippen LogP contribution is 2.13. The van der Waals surface area contributed by atoms with Crippen molar-refractivity contribution in [3.05, 3.63) is 58.7 Å². The molecule has 0 radical (unpaired) electrons. The van der Waals surface area contributed by atoms with E-state index in [-0.39, 0.29) is 5.91 Å². The van der Waals surface area contributed by atoms with Crippen LogP contribution in [-0.4, -0.2) is 22.8 Å². The van der Waals surface area contributed by atoms with Crippen LogP contribution in [0.4, 0.5) is 5.82 Å². The number of aromatic nitrogens is 1. The van der Waals surface area contributed by atoms with Gasteiger partial charge in [0, 0.05) is 24.8 Å². The summed E-state index contributed by atoms with van der Waals surface area (Å²) in [7, 11) is 1.74. The molecule has 2 rings (SSSR count). The van der Waals surface area contributed by atoms with Gasteiger partial charge in [0.25, 0.3) is 5.91 Å². The van der Waals surface area contributed by atoms with Crippen molar-refractivity contribution in [3.8, 4) is 0 Å². The zero-order chi connectivity index (χ0) is 13.8. The van der Waals surface area contributed by atoms with Gasteiger partial charge in [0.05, 0.1) is 5.56 Å². The molecule has 19 heavy (non-hydrogen) atoms. The van der Waals surface area contributed by atoms with Gasteiger partial charge in [0.15, 0.2) is 0 Å². The van der Waals surface area contributed by atoms with Crippen LogP contribution in [0.1, 0.15) is 15.9 Å². The largest absolute Gasteiger partial charge is 0.384 e. The van der Waals surface area contributed by atoms with Crippen molar-refractivity contribution in [3.63, 3.8) is 0 Å². The fourth-order valence-electron chi connectivity index (χ4n) is 1.73. The van der Waals surface area contributed by atoms with E-state index in [0.717, 1.165) is 5.56 Å². The minimum atomic E-state index is -0.104. The van der Waals surface area contributed by atoms with Gasteiger partial charge in [-0.2, -0.15) is 0 Å². The number of benzene rings is 1. The summed E-state index contributed by atoms with van der Waals surface area (Å²) in [5.41, 5.74) is 6.98. The van der Waals surface area contributed by atoms with Crippen molar-refractivity contribution in [2.45, 2.75) is 6.54 Å². The molecule has 5 heteroatoms. The third-order valence-corrected chi connectivity index (χ3v) is 2.92. The van der Waals surface area contributed by atoms with Crippen LogP contribution in [0, 0.1) is 0 Å². The monoisotopic (exact) mass is 275 g/mol. The minimum Gasteiger partial charge on any atom is -0.384 e. The smallest absolute Gasteiger partial charge is 0.255 e. The first kappa shape index (κ1) is 13.4. The predicted molar refractivity (Wildman–Crippen MR) is 75.9 cm³/mol. The van der Waals surface area contributed by atoms with Gasteiger partial charge < -0.3 is 10.6 Å². The summed E-state index contributed by atoms with van der Waals surface area (Å²) in [4.78, 5) is 17.7. The second kappa shape index (κ2) is 5.71. The lowest BCUT2D eigenvalue weighted by Crippen LogP contribution is -2.26. The molecule has 0 aliphatic heterocycles. The van der Waals surface area contributed by atoms with Gasteiger partial charge in [-0.1, -0.05) is 23.7 Å². The number of carbonyl (C=O) groups excluding carboxylic acids is 1. The Morgan fingerprint density at radius 1 is 1.37 bits per heavy atom. The Hall–Kier alpha value is -2.07. The Balaban J connectivity index is 2.09. The maximum Gasteiger partial charge on any atom is 0.255 e. The molecule has 1 amide bonds. The number of pyridine rings is 1. The van der Waals surface area contributed by atoms with Crippen LogP contribution in [0.3, 0.4) is 0 Å². The van der Waals surface area contributed by atoms with Crippen LogP contribution in [0.15, 0.2) is 42.6 Å². The fourth-order valence-corrected chi connectivity index (χ4v) is 1.95. The summed E-state index contributed by atoms with van der Waals surface area (Å²) >= 11 is 5.91. The lowest BCUT2D eigenvalue weighted by Gasteiger charge is -2.17. The van der Waals surface area contributed by atoms with Gasteiger partial charge in [-0.05, 0) is 29.8 Å². The molecule has 1 aromatic heterocycles. The first-order chi connectivity index (χ1) is 9.06. The average Bonchev–Trinajstić information content (AvgIpc) is 2.39. The van der Waals surface area contributed by atoms with Crippen LogP contribution >= 0.6 is 11.6 Å². The van der Waals surface area contributed by atoms with Gasteiger partial charge >= 0.3 is 0 Å². The fraction of sp³-hybridized carbons (Fsp3) is 0.143. The highest BCUT2D eigenvalue weighted by atomic mass is 35.5. The number of hydrogen-bond acceptors (Lipinski definition) is 3. The molecular weight excluding hydrogens is 262 g/mol. The standard InChI is InChI=1S/C14H14ClN3O/c1-18(9-10-3-2-4-12(15)7-10)14(19)11-5-6-13(16)17-8-11/h2-8H,9H2,1H3,(H2,16,17). The highest BCUT2D eigenvalue weighted by Gasteiger charge is 2.12. The van der Waals surface area contributed by atoms with E-state index in [1.54, 1.807) is 30.1 Å². The summed E-state index contributed by atoms with van der Waals surface area (Å²) in [5.74, 6) is 0.293. The average molecular weight is 276 g/mol. The van der Waals surface area contributed by atoms with Gasteiger partial charge in [-0.15, -0.1) is 0 Å². The third-order valence-electron chi connectivity index (χ3n) is 2.69. The Morgan fingerprint density at radius 3 is 2.79 bits per heavy atom. The van der Waals surface area contributed by atoms with E-state index in [1.165, 1.54) is 6.20 Å². The van der Waals surface area contributed by atoms with Crippen molar-refractivity contribution in [2.24, 2.45) is 0 Å². The first-order valence-corrected chi connectivity index (χ1v) is 6.15. The van der Waals surface area contributed by atoms with E-state index >= 15 is 0 Å². The number of hydrogen-bond donors (Lipinski definition) is 1. The Morgan fingerprint density at radius 2 is 2.16 bits per heavy atom. The van der Waals surface area contributed by atoms with E-state index in [1.807, 2.05) is 18.2 Å². The van der Waals surface area contributed by atoms with Crippen LogP contribution < -0.4 is 5.73 Å². The van der Waals surface area contributed by atoms with E-state index in [9.17, 15) is 4.79 Å². The van der Waals surface area contributed by atoms with Gasteiger partial charge in [0.2, 0.25) is 0 Å². The summed E-state index contributed by atoms with van der Waals surface area (Å²) in [5, 5.41) is 0.660. The van der Waals surface area contributed by atoms with Crippen LogP contribution in [-0.2, 0) is 6.54 Å². The Bertz CT molecular complexity index is 583. The Kier molecular flexibility index (Phi) is 4.02. The highest BCUT2D eigenvalue weighted by molar-refractivity contribution is 6.30. The van der Waals surface area contributed by atoms with Gasteiger partial charge in [-0.25, -0.2) is 4.98 Å².